The summed E-state index contributed by atoms with van der Waals surface area (Å²) in [7, 11) is -13.0. The lowest BCUT2D eigenvalue weighted by molar-refractivity contribution is 0.0447. The Hall–Kier alpha value is 0.468. The van der Waals surface area contributed by atoms with Crippen molar-refractivity contribution in [2.75, 3.05) is 66.1 Å². The van der Waals surface area contributed by atoms with E-state index in [1.165, 1.54) is 0 Å². The van der Waals surface area contributed by atoms with E-state index in [-0.39, 0.29) is 10.3 Å². The van der Waals surface area contributed by atoms with E-state index in [9.17, 15) is 0 Å². The van der Waals surface area contributed by atoms with E-state index < -0.39 is 34.7 Å². The topological polar surface area (TPSA) is 92.3 Å². The SMILES string of the molecule is CCO[Si]1(OCC)CC([Si](OCC)(OCC)OCC)[Si](OCC)(OCC)C([Si](OCC)(OCC)OCC)C1. The molecule has 0 aliphatic carbocycles. The molecule has 228 valence electrons. The number of hydrogen-bond donors (Lipinski definition) is 0. The molecule has 1 aliphatic rings. The van der Waals surface area contributed by atoms with E-state index in [1.54, 1.807) is 0 Å². The molecule has 1 heterocycles. The Bertz CT molecular complexity index is 547. The maximum Gasteiger partial charge on any atom is 0.506 e. The molecule has 0 saturated carbocycles. The lowest BCUT2D eigenvalue weighted by Gasteiger charge is -2.55. The lowest BCUT2D eigenvalue weighted by atomic mass is 10.9. The van der Waals surface area contributed by atoms with Crippen molar-refractivity contribution in [1.82, 2.24) is 0 Å². The fourth-order valence-corrected chi connectivity index (χ4v) is 31.3. The Kier molecular flexibility index (Phi) is 17.4. The van der Waals surface area contributed by atoms with Crippen LogP contribution < -0.4 is 0 Å². The van der Waals surface area contributed by atoms with Gasteiger partial charge >= 0.3 is 34.7 Å². The molecular weight excluding hydrogens is 561 g/mol. The van der Waals surface area contributed by atoms with Gasteiger partial charge in [-0.05, 0) is 69.2 Å². The first-order chi connectivity index (χ1) is 18.3. The van der Waals surface area contributed by atoms with E-state index in [0.717, 1.165) is 0 Å². The van der Waals surface area contributed by atoms with Gasteiger partial charge in [-0.1, -0.05) is 0 Å². The van der Waals surface area contributed by atoms with Crippen molar-refractivity contribution < 1.29 is 44.3 Å². The smallest absolute Gasteiger partial charge is 0.394 e. The summed E-state index contributed by atoms with van der Waals surface area (Å²) in [5.74, 6) is 0. The van der Waals surface area contributed by atoms with Crippen molar-refractivity contribution in [1.29, 1.82) is 0 Å². The summed E-state index contributed by atoms with van der Waals surface area (Å²) in [5.41, 5.74) is 0. The highest BCUT2D eigenvalue weighted by Gasteiger charge is 2.78. The minimum atomic E-state index is -3.40. The standard InChI is InChI=1S/C24H56O10Si4/c1-11-25-35(26-12-2)21-23(37(29-15-5,30-16-6)31-17-7)36(27-13-3,28-14-4)24(22-35)38(32-18-8,33-19-9)34-20-10/h23-24H,11-22H2,1-10H3. The molecule has 0 aromatic carbocycles. The second-order valence-electron chi connectivity index (χ2n) is 8.68. The molecule has 0 bridgehead atoms. The third-order valence-corrected chi connectivity index (χ3v) is 26.4. The molecule has 0 aromatic heterocycles. The minimum absolute atomic E-state index is 0.313. The van der Waals surface area contributed by atoms with Gasteiger partial charge in [-0.25, -0.2) is 0 Å². The first-order valence-electron chi connectivity index (χ1n) is 14.7. The van der Waals surface area contributed by atoms with Crippen LogP contribution in [0.25, 0.3) is 0 Å². The summed E-state index contributed by atoms with van der Waals surface area (Å²) in [6.07, 6.45) is 0. The molecule has 0 N–H and O–H groups in total. The third-order valence-electron chi connectivity index (χ3n) is 6.48. The van der Waals surface area contributed by atoms with E-state index in [2.05, 4.69) is 0 Å². The summed E-state index contributed by atoms with van der Waals surface area (Å²) in [6.45, 7) is 24.5. The van der Waals surface area contributed by atoms with Crippen molar-refractivity contribution in [3.8, 4) is 0 Å². The average Bonchev–Trinajstić information content (AvgIpc) is 2.87. The van der Waals surface area contributed by atoms with E-state index in [1.807, 2.05) is 69.2 Å². The third kappa shape index (κ3) is 8.27. The quantitative estimate of drug-likeness (QED) is 0.156. The molecule has 1 saturated heterocycles. The maximum absolute atomic E-state index is 6.89. The monoisotopic (exact) mass is 616 g/mol. The molecule has 38 heavy (non-hydrogen) atoms. The Morgan fingerprint density at radius 1 is 0.421 bits per heavy atom. The highest BCUT2D eigenvalue weighted by atomic mass is 28.5. The minimum Gasteiger partial charge on any atom is -0.394 e. The van der Waals surface area contributed by atoms with Crippen LogP contribution in [0.2, 0.25) is 22.4 Å². The highest BCUT2D eigenvalue weighted by Crippen LogP contribution is 2.58. The number of rotatable bonds is 22. The molecule has 1 rings (SSSR count). The van der Waals surface area contributed by atoms with Crippen molar-refractivity contribution in [2.24, 2.45) is 0 Å². The molecule has 0 amide bonds. The van der Waals surface area contributed by atoms with Crippen LogP contribution in [-0.4, -0.2) is 101 Å². The molecule has 2 unspecified atom stereocenters. The summed E-state index contributed by atoms with van der Waals surface area (Å²) in [6, 6.07) is 1.19. The first-order valence-corrected chi connectivity index (χ1v) is 22.5. The fourth-order valence-electron chi connectivity index (χ4n) is 5.73. The molecule has 1 fully saturated rings. The zero-order valence-corrected chi connectivity index (χ0v) is 29.7. The molecule has 1 aliphatic heterocycles. The molecule has 14 heteroatoms. The van der Waals surface area contributed by atoms with E-state index in [0.29, 0.717) is 78.2 Å². The van der Waals surface area contributed by atoms with Crippen LogP contribution in [0, 0.1) is 0 Å². The zero-order chi connectivity index (χ0) is 28.7. The predicted molar refractivity (Wildman–Crippen MR) is 156 cm³/mol. The maximum atomic E-state index is 6.89. The van der Waals surface area contributed by atoms with Crippen LogP contribution in [0.15, 0.2) is 0 Å². The molecule has 0 radical (unpaired) electrons. The van der Waals surface area contributed by atoms with Crippen molar-refractivity contribution >= 4 is 34.7 Å². The van der Waals surface area contributed by atoms with Gasteiger partial charge in [0.2, 0.25) is 0 Å². The van der Waals surface area contributed by atoms with Crippen molar-refractivity contribution in [2.45, 2.75) is 91.7 Å². The van der Waals surface area contributed by atoms with Crippen LogP contribution >= 0.6 is 0 Å². The zero-order valence-electron chi connectivity index (χ0n) is 25.7. The fraction of sp³-hybridized carbons (Fsp3) is 1.00. The van der Waals surface area contributed by atoms with Crippen LogP contribution in [0.5, 0.6) is 0 Å². The largest absolute Gasteiger partial charge is 0.506 e. The van der Waals surface area contributed by atoms with Gasteiger partial charge in [0, 0.05) is 78.2 Å². The van der Waals surface area contributed by atoms with Gasteiger partial charge in [-0.15, -0.1) is 0 Å². The Morgan fingerprint density at radius 3 is 0.895 bits per heavy atom. The Balaban J connectivity index is 4.18. The normalized spacial score (nSPS) is 21.6. The predicted octanol–water partition coefficient (Wildman–Crippen LogP) is 4.95. The average molecular weight is 617 g/mol. The molecule has 0 spiro atoms. The summed E-state index contributed by atoms with van der Waals surface area (Å²) in [5, 5.41) is -0.627. The summed E-state index contributed by atoms with van der Waals surface area (Å²) >= 11 is 0. The molecule has 10 nitrogen and oxygen atoms in total. The van der Waals surface area contributed by atoms with Gasteiger partial charge in [0.1, 0.15) is 0 Å². The van der Waals surface area contributed by atoms with Gasteiger partial charge in [-0.2, -0.15) is 0 Å². The summed E-state index contributed by atoms with van der Waals surface area (Å²) < 4.78 is 66.4. The van der Waals surface area contributed by atoms with Gasteiger partial charge < -0.3 is 44.3 Å². The van der Waals surface area contributed by atoms with Gasteiger partial charge in [0.25, 0.3) is 0 Å². The van der Waals surface area contributed by atoms with Crippen LogP contribution in [0.4, 0.5) is 0 Å². The lowest BCUT2D eigenvalue weighted by Crippen LogP contribution is -2.75. The first kappa shape index (κ1) is 36.5. The van der Waals surface area contributed by atoms with E-state index >= 15 is 0 Å². The Labute approximate surface area is 236 Å². The molecule has 0 aromatic rings. The van der Waals surface area contributed by atoms with E-state index in [4.69, 9.17) is 44.3 Å². The van der Waals surface area contributed by atoms with Gasteiger partial charge in [0.05, 0.1) is 10.3 Å². The van der Waals surface area contributed by atoms with Crippen molar-refractivity contribution in [3.05, 3.63) is 0 Å². The second kappa shape index (κ2) is 18.1. The molecular formula is C24H56O10Si4. The van der Waals surface area contributed by atoms with Crippen LogP contribution in [0.3, 0.4) is 0 Å². The number of hydrogen-bond acceptors (Lipinski definition) is 10. The van der Waals surface area contributed by atoms with Crippen LogP contribution in [0.1, 0.15) is 69.2 Å². The van der Waals surface area contributed by atoms with Gasteiger partial charge in [-0.3, -0.25) is 0 Å². The Morgan fingerprint density at radius 2 is 0.684 bits per heavy atom. The second-order valence-corrected chi connectivity index (χ2v) is 22.0. The highest BCUT2D eigenvalue weighted by molar-refractivity contribution is 6.98. The van der Waals surface area contributed by atoms with Gasteiger partial charge in [0.15, 0.2) is 0 Å². The van der Waals surface area contributed by atoms with Crippen molar-refractivity contribution in [3.63, 3.8) is 0 Å². The summed E-state index contributed by atoms with van der Waals surface area (Å²) in [4.78, 5) is 0. The molecule has 2 atom stereocenters. The van der Waals surface area contributed by atoms with Crippen LogP contribution in [-0.2, 0) is 44.3 Å².